The van der Waals surface area contributed by atoms with E-state index in [1.807, 2.05) is 43.5 Å². The molecule has 1 heterocycles. The average molecular weight is 413 g/mol. The third kappa shape index (κ3) is 5.26. The maximum absolute atomic E-state index is 12.4. The lowest BCUT2D eigenvalue weighted by molar-refractivity contribution is 0.0468. The van der Waals surface area contributed by atoms with E-state index in [9.17, 15) is 4.79 Å². The summed E-state index contributed by atoms with van der Waals surface area (Å²) in [5, 5.41) is 2.75. The van der Waals surface area contributed by atoms with Gasteiger partial charge in [0.05, 0.1) is 31.6 Å². The Morgan fingerprint density at radius 3 is 2.41 bits per heavy atom. The number of esters is 1. The van der Waals surface area contributed by atoms with Gasteiger partial charge in [0.25, 0.3) is 0 Å². The van der Waals surface area contributed by atoms with Crippen LogP contribution in [-0.2, 0) is 11.3 Å². The van der Waals surface area contributed by atoms with Crippen LogP contribution in [0.4, 0.5) is 0 Å². The molecular formula is C22H23NO5S. The molecule has 152 valence electrons. The Labute approximate surface area is 174 Å². The minimum atomic E-state index is -0.437. The second kappa shape index (κ2) is 9.93. The molecule has 0 amide bonds. The van der Waals surface area contributed by atoms with E-state index in [-0.39, 0.29) is 6.61 Å². The Balaban J connectivity index is 1.64. The molecule has 2 aromatic carbocycles. The number of nitrogens with zero attached hydrogens (tertiary/aromatic N) is 1. The van der Waals surface area contributed by atoms with Gasteiger partial charge in [0, 0.05) is 10.9 Å². The molecule has 0 spiro atoms. The summed E-state index contributed by atoms with van der Waals surface area (Å²) < 4.78 is 21.7. The predicted octanol–water partition coefficient (Wildman–Crippen LogP) is 4.97. The van der Waals surface area contributed by atoms with Gasteiger partial charge in [0.15, 0.2) is 11.5 Å². The molecule has 0 saturated heterocycles. The van der Waals surface area contributed by atoms with Crippen molar-refractivity contribution in [3.63, 3.8) is 0 Å². The molecule has 3 aromatic rings. The van der Waals surface area contributed by atoms with Gasteiger partial charge in [-0.1, -0.05) is 0 Å². The van der Waals surface area contributed by atoms with E-state index in [4.69, 9.17) is 18.9 Å². The molecule has 6 nitrogen and oxygen atoms in total. The number of aromatic nitrogens is 1. The third-order valence-electron chi connectivity index (χ3n) is 4.02. The molecule has 0 unspecified atom stereocenters. The molecule has 0 aliphatic carbocycles. The first-order chi connectivity index (χ1) is 14.1. The Kier molecular flexibility index (Phi) is 7.08. The highest BCUT2D eigenvalue weighted by Crippen LogP contribution is 2.29. The molecule has 0 aliphatic rings. The van der Waals surface area contributed by atoms with Gasteiger partial charge in [0.1, 0.15) is 17.4 Å². The summed E-state index contributed by atoms with van der Waals surface area (Å²) in [5.74, 6) is 1.49. The normalized spacial score (nSPS) is 10.4. The molecule has 0 radical (unpaired) electrons. The Morgan fingerprint density at radius 2 is 1.72 bits per heavy atom. The zero-order chi connectivity index (χ0) is 20.6. The summed E-state index contributed by atoms with van der Waals surface area (Å²) in [6, 6.07) is 12.7. The van der Waals surface area contributed by atoms with Crippen molar-refractivity contribution in [3.05, 3.63) is 59.1 Å². The van der Waals surface area contributed by atoms with Crippen LogP contribution in [0.2, 0.25) is 0 Å². The lowest BCUT2D eigenvalue weighted by atomic mass is 10.2. The van der Waals surface area contributed by atoms with Crippen molar-refractivity contribution in [1.82, 2.24) is 4.98 Å². The number of hydrogen-bond acceptors (Lipinski definition) is 7. The van der Waals surface area contributed by atoms with Crippen LogP contribution in [0.3, 0.4) is 0 Å². The van der Waals surface area contributed by atoms with Crippen molar-refractivity contribution in [2.24, 2.45) is 0 Å². The number of methoxy groups -OCH3 is 1. The molecule has 0 aliphatic heterocycles. The van der Waals surface area contributed by atoms with Crippen molar-refractivity contribution in [1.29, 1.82) is 0 Å². The molecule has 0 bridgehead atoms. The lowest BCUT2D eigenvalue weighted by Gasteiger charge is -2.12. The van der Waals surface area contributed by atoms with Crippen molar-refractivity contribution in [3.8, 4) is 27.8 Å². The number of ether oxygens (including phenoxy) is 4. The first-order valence-corrected chi connectivity index (χ1v) is 10.2. The highest BCUT2D eigenvalue weighted by Gasteiger charge is 2.14. The van der Waals surface area contributed by atoms with E-state index in [2.05, 4.69) is 4.98 Å². The van der Waals surface area contributed by atoms with Crippen molar-refractivity contribution >= 4 is 17.3 Å². The Bertz CT molecular complexity index is 952. The van der Waals surface area contributed by atoms with E-state index in [1.165, 1.54) is 11.3 Å². The van der Waals surface area contributed by atoms with Gasteiger partial charge in [-0.3, -0.25) is 0 Å². The van der Waals surface area contributed by atoms with Crippen LogP contribution in [0.5, 0.6) is 17.2 Å². The number of carbonyl (C=O) groups is 1. The zero-order valence-electron chi connectivity index (χ0n) is 16.6. The minimum absolute atomic E-state index is 0.0999. The quantitative estimate of drug-likeness (QED) is 0.461. The van der Waals surface area contributed by atoms with Crippen LogP contribution < -0.4 is 14.2 Å². The zero-order valence-corrected chi connectivity index (χ0v) is 17.5. The standard InChI is InChI=1S/C22H23NO5S/c1-4-26-19-11-8-16(12-20(19)27-5-2)22(24)28-13-17-14-29-21(23-17)15-6-9-18(25-3)10-7-15/h6-12,14H,4-5,13H2,1-3H3. The Morgan fingerprint density at radius 1 is 1.00 bits per heavy atom. The Hall–Kier alpha value is -3.06. The van der Waals surface area contributed by atoms with Crippen molar-refractivity contribution < 1.29 is 23.7 Å². The summed E-state index contributed by atoms with van der Waals surface area (Å²) in [4.78, 5) is 17.0. The van der Waals surface area contributed by atoms with Gasteiger partial charge in [-0.15, -0.1) is 11.3 Å². The number of benzene rings is 2. The number of hydrogen-bond donors (Lipinski definition) is 0. The lowest BCUT2D eigenvalue weighted by Crippen LogP contribution is -2.07. The van der Waals surface area contributed by atoms with E-state index < -0.39 is 5.97 Å². The van der Waals surface area contributed by atoms with Crippen LogP contribution in [0.25, 0.3) is 10.6 Å². The van der Waals surface area contributed by atoms with Gasteiger partial charge < -0.3 is 18.9 Å². The summed E-state index contributed by atoms with van der Waals surface area (Å²) >= 11 is 1.50. The molecule has 1 aromatic heterocycles. The van der Waals surface area contributed by atoms with Crippen LogP contribution >= 0.6 is 11.3 Å². The largest absolute Gasteiger partial charge is 0.497 e. The van der Waals surface area contributed by atoms with E-state index >= 15 is 0 Å². The molecule has 3 rings (SSSR count). The van der Waals surface area contributed by atoms with Crippen molar-refractivity contribution in [2.45, 2.75) is 20.5 Å². The fourth-order valence-corrected chi connectivity index (χ4v) is 3.45. The van der Waals surface area contributed by atoms with Gasteiger partial charge in [0.2, 0.25) is 0 Å². The van der Waals surface area contributed by atoms with E-state index in [0.29, 0.717) is 36.0 Å². The molecule has 0 N–H and O–H groups in total. The van der Waals surface area contributed by atoms with Gasteiger partial charge in [-0.05, 0) is 56.3 Å². The molecular weight excluding hydrogens is 390 g/mol. The fourth-order valence-electron chi connectivity index (χ4n) is 2.64. The summed E-state index contributed by atoms with van der Waals surface area (Å²) in [6.07, 6.45) is 0. The first kappa shape index (κ1) is 20.7. The molecule has 29 heavy (non-hydrogen) atoms. The molecule has 0 fully saturated rings. The third-order valence-corrected chi connectivity index (χ3v) is 4.96. The van der Waals surface area contributed by atoms with Gasteiger partial charge in [-0.25, -0.2) is 9.78 Å². The highest BCUT2D eigenvalue weighted by atomic mass is 32.1. The minimum Gasteiger partial charge on any atom is -0.497 e. The predicted molar refractivity (Wildman–Crippen MR) is 112 cm³/mol. The van der Waals surface area contributed by atoms with Crippen LogP contribution in [0, 0.1) is 0 Å². The second-order valence-electron chi connectivity index (χ2n) is 5.98. The SMILES string of the molecule is CCOc1ccc(C(=O)OCc2csc(-c3ccc(OC)cc3)n2)cc1OCC. The topological polar surface area (TPSA) is 66.9 Å². The van der Waals surface area contributed by atoms with Gasteiger partial charge >= 0.3 is 5.97 Å². The monoisotopic (exact) mass is 413 g/mol. The fraction of sp³-hybridized carbons (Fsp3) is 0.273. The molecule has 0 atom stereocenters. The second-order valence-corrected chi connectivity index (χ2v) is 6.83. The summed E-state index contributed by atoms with van der Waals surface area (Å²) in [7, 11) is 1.63. The number of thiazole rings is 1. The maximum Gasteiger partial charge on any atom is 0.338 e. The summed E-state index contributed by atoms with van der Waals surface area (Å²) in [6.45, 7) is 4.87. The summed E-state index contributed by atoms with van der Waals surface area (Å²) in [5.41, 5.74) is 2.09. The van der Waals surface area contributed by atoms with E-state index in [0.717, 1.165) is 16.3 Å². The van der Waals surface area contributed by atoms with Crippen LogP contribution in [0.1, 0.15) is 29.9 Å². The first-order valence-electron chi connectivity index (χ1n) is 9.30. The molecule has 7 heteroatoms. The average Bonchev–Trinajstić information content (AvgIpc) is 3.22. The number of rotatable bonds is 9. The van der Waals surface area contributed by atoms with Crippen molar-refractivity contribution in [2.75, 3.05) is 20.3 Å². The smallest absolute Gasteiger partial charge is 0.338 e. The van der Waals surface area contributed by atoms with Crippen LogP contribution in [0.15, 0.2) is 47.8 Å². The van der Waals surface area contributed by atoms with E-state index in [1.54, 1.807) is 25.3 Å². The molecule has 0 saturated carbocycles. The highest BCUT2D eigenvalue weighted by molar-refractivity contribution is 7.13. The maximum atomic E-state index is 12.4. The van der Waals surface area contributed by atoms with Crippen LogP contribution in [-0.4, -0.2) is 31.3 Å². The number of carbonyl (C=O) groups excluding carboxylic acids is 1. The van der Waals surface area contributed by atoms with Gasteiger partial charge in [-0.2, -0.15) is 0 Å².